The van der Waals surface area contributed by atoms with Crippen LogP contribution in [0.3, 0.4) is 0 Å². The summed E-state index contributed by atoms with van der Waals surface area (Å²) >= 11 is -2.32. The first-order valence-corrected chi connectivity index (χ1v) is 12.9. The van der Waals surface area contributed by atoms with E-state index in [0.717, 1.165) is 36.3 Å². The number of anilines is 2. The Balaban J connectivity index is 1.21. The van der Waals surface area contributed by atoms with Crippen LogP contribution in [0.25, 0.3) is 0 Å². The van der Waals surface area contributed by atoms with Crippen LogP contribution in [0.1, 0.15) is 43.0 Å². The Morgan fingerprint density at radius 1 is 0.917 bits per heavy atom. The molecule has 2 aliphatic rings. The minimum atomic E-state index is -2.32. The number of hydrogen-bond acceptors (Lipinski definition) is 5. The summed E-state index contributed by atoms with van der Waals surface area (Å²) in [6.45, 7) is 2.55. The number of carbonyl (C=O) groups excluding carboxylic acids is 2. The number of carbonyl (C=O) groups is 2. The number of rotatable bonds is 6. The molecule has 3 aromatic carbocycles. The van der Waals surface area contributed by atoms with E-state index < -0.39 is 11.3 Å². The van der Waals surface area contributed by atoms with Gasteiger partial charge in [0.05, 0.1) is 5.69 Å². The molecule has 2 N–H and O–H groups in total. The third-order valence-electron chi connectivity index (χ3n) is 6.68. The molecule has 0 aliphatic carbocycles. The molecule has 0 fully saturated rings. The van der Waals surface area contributed by atoms with E-state index in [1.54, 1.807) is 36.4 Å². The molecule has 3 aromatic rings. The van der Waals surface area contributed by atoms with Crippen LogP contribution in [-0.2, 0) is 37.2 Å². The van der Waals surface area contributed by atoms with Gasteiger partial charge >= 0.3 is 0 Å². The van der Waals surface area contributed by atoms with Crippen LogP contribution in [-0.4, -0.2) is 45.6 Å². The molecular formula is C27H27N4O4S-. The zero-order chi connectivity index (χ0) is 25.2. The summed E-state index contributed by atoms with van der Waals surface area (Å²) in [5.41, 5.74) is 6.56. The number of benzene rings is 3. The van der Waals surface area contributed by atoms with Crippen molar-refractivity contribution in [2.45, 2.75) is 25.9 Å². The van der Waals surface area contributed by atoms with Crippen molar-refractivity contribution in [1.82, 2.24) is 10.2 Å². The number of amides is 2. The largest absolute Gasteiger partial charge is 0.755 e. The van der Waals surface area contributed by atoms with Gasteiger partial charge in [0, 0.05) is 54.3 Å². The lowest BCUT2D eigenvalue weighted by molar-refractivity contribution is 0.0950. The van der Waals surface area contributed by atoms with Gasteiger partial charge in [0.2, 0.25) is 0 Å². The summed E-state index contributed by atoms with van der Waals surface area (Å²) in [6.07, 6.45) is 1.58. The second-order valence-electron chi connectivity index (χ2n) is 9.22. The number of hydrogen-bond donors (Lipinski definition) is 2. The van der Waals surface area contributed by atoms with Gasteiger partial charge in [0.15, 0.2) is 0 Å². The number of nitrogens with one attached hydrogen (secondary N) is 2. The SMILES string of the molecule is CN1CCc2ccc(NC(=O)c3cccc(CNC(=O)c4ccc5c(c4)CCN5S(=O)[O-])c3)cc2C1. The van der Waals surface area contributed by atoms with Crippen molar-refractivity contribution in [1.29, 1.82) is 0 Å². The van der Waals surface area contributed by atoms with Crippen LogP contribution in [0.5, 0.6) is 0 Å². The van der Waals surface area contributed by atoms with Crippen LogP contribution < -0.4 is 14.9 Å². The standard InChI is InChI=1S/C27H28N4O4S/c1-30-11-9-19-5-7-24(15-23(19)17-30)29-27(33)21-4-2-3-18(13-21)16-28-26(32)22-6-8-25-20(14-22)10-12-31(25)36(34)35/h2-8,13-15H,9-12,16-17H2,1H3,(H,28,32)(H,29,33)(H,34,35)/p-1. The van der Waals surface area contributed by atoms with Crippen LogP contribution >= 0.6 is 0 Å². The molecule has 1 atom stereocenters. The lowest BCUT2D eigenvalue weighted by Crippen LogP contribution is -2.26. The van der Waals surface area contributed by atoms with Crippen LogP contribution in [0.4, 0.5) is 11.4 Å². The Bertz CT molecular complexity index is 1360. The van der Waals surface area contributed by atoms with Crippen molar-refractivity contribution >= 4 is 34.5 Å². The molecule has 1 unspecified atom stereocenters. The fourth-order valence-corrected chi connectivity index (χ4v) is 5.33. The number of nitrogens with zero attached hydrogens (tertiary/aromatic N) is 2. The van der Waals surface area contributed by atoms with E-state index in [9.17, 15) is 18.4 Å². The lowest BCUT2D eigenvalue weighted by atomic mass is 9.99. The van der Waals surface area contributed by atoms with Crippen molar-refractivity contribution in [3.63, 3.8) is 0 Å². The average molecular weight is 504 g/mol. The zero-order valence-corrected chi connectivity index (χ0v) is 20.8. The first-order chi connectivity index (χ1) is 17.4. The normalized spacial score (nSPS) is 15.7. The van der Waals surface area contributed by atoms with E-state index >= 15 is 0 Å². The van der Waals surface area contributed by atoms with Crippen LogP contribution in [0.15, 0.2) is 60.7 Å². The summed E-state index contributed by atoms with van der Waals surface area (Å²) in [5.74, 6) is -0.459. The Labute approximate surface area is 212 Å². The average Bonchev–Trinajstić information content (AvgIpc) is 3.31. The molecule has 2 amide bonds. The molecule has 8 nitrogen and oxygen atoms in total. The van der Waals surface area contributed by atoms with Gasteiger partial charge in [-0.3, -0.25) is 13.8 Å². The van der Waals surface area contributed by atoms with Crippen molar-refractivity contribution in [3.8, 4) is 0 Å². The Morgan fingerprint density at radius 2 is 1.72 bits per heavy atom. The predicted molar refractivity (Wildman–Crippen MR) is 138 cm³/mol. The molecule has 0 bridgehead atoms. The van der Waals surface area contributed by atoms with Crippen molar-refractivity contribution < 1.29 is 18.4 Å². The molecule has 2 aliphatic heterocycles. The van der Waals surface area contributed by atoms with Gasteiger partial charge in [-0.05, 0) is 84.6 Å². The van der Waals surface area contributed by atoms with Gasteiger partial charge in [-0.1, -0.05) is 18.2 Å². The minimum Gasteiger partial charge on any atom is -0.755 e. The summed E-state index contributed by atoms with van der Waals surface area (Å²) in [7, 11) is 2.09. The highest BCUT2D eigenvalue weighted by molar-refractivity contribution is 7.80. The molecule has 5 rings (SSSR count). The van der Waals surface area contributed by atoms with Gasteiger partial charge in [0.25, 0.3) is 11.8 Å². The molecule has 36 heavy (non-hydrogen) atoms. The molecule has 0 saturated carbocycles. The van der Waals surface area contributed by atoms with E-state index in [0.29, 0.717) is 29.8 Å². The third kappa shape index (κ3) is 5.18. The maximum Gasteiger partial charge on any atom is 0.255 e. The highest BCUT2D eigenvalue weighted by Gasteiger charge is 2.21. The Hall–Kier alpha value is -3.53. The smallest absolute Gasteiger partial charge is 0.255 e. The second kappa shape index (κ2) is 10.2. The number of fused-ring (bicyclic) bond motifs is 2. The molecule has 0 spiro atoms. The summed E-state index contributed by atoms with van der Waals surface area (Å²) < 4.78 is 23.9. The molecule has 0 radical (unpaired) electrons. The Morgan fingerprint density at radius 3 is 2.56 bits per heavy atom. The van der Waals surface area contributed by atoms with E-state index in [1.165, 1.54) is 15.4 Å². The summed E-state index contributed by atoms with van der Waals surface area (Å²) in [5, 5.41) is 5.87. The molecule has 9 heteroatoms. The second-order valence-corrected chi connectivity index (χ2v) is 10.1. The van der Waals surface area contributed by atoms with Gasteiger partial charge < -0.3 is 24.4 Å². The predicted octanol–water partition coefficient (Wildman–Crippen LogP) is 3.01. The lowest BCUT2D eigenvalue weighted by Gasteiger charge is -2.25. The van der Waals surface area contributed by atoms with E-state index in [2.05, 4.69) is 28.6 Å². The quantitative estimate of drug-likeness (QED) is 0.503. The van der Waals surface area contributed by atoms with E-state index in [4.69, 9.17) is 0 Å². The molecular weight excluding hydrogens is 476 g/mol. The highest BCUT2D eigenvalue weighted by Crippen LogP contribution is 2.29. The monoisotopic (exact) mass is 503 g/mol. The first kappa shape index (κ1) is 24.2. The summed E-state index contributed by atoms with van der Waals surface area (Å²) in [4.78, 5) is 27.9. The molecule has 0 saturated heterocycles. The van der Waals surface area contributed by atoms with E-state index in [1.807, 2.05) is 18.2 Å². The highest BCUT2D eigenvalue weighted by atomic mass is 32.2. The fourth-order valence-electron chi connectivity index (χ4n) is 4.75. The Kier molecular flexibility index (Phi) is 6.86. The molecule has 0 aromatic heterocycles. The topological polar surface area (TPSA) is 105 Å². The van der Waals surface area contributed by atoms with Gasteiger partial charge in [-0.15, -0.1) is 0 Å². The van der Waals surface area contributed by atoms with Crippen LogP contribution in [0, 0.1) is 0 Å². The van der Waals surface area contributed by atoms with Crippen molar-refractivity contribution in [2.75, 3.05) is 29.8 Å². The molecule has 186 valence electrons. The molecule has 2 heterocycles. The minimum absolute atomic E-state index is 0.203. The van der Waals surface area contributed by atoms with Crippen LogP contribution in [0.2, 0.25) is 0 Å². The van der Waals surface area contributed by atoms with Crippen molar-refractivity contribution in [3.05, 3.63) is 94.0 Å². The number of likely N-dealkylation sites (N-methyl/N-ethyl adjacent to an activating group) is 1. The van der Waals surface area contributed by atoms with Gasteiger partial charge in [-0.2, -0.15) is 0 Å². The van der Waals surface area contributed by atoms with E-state index in [-0.39, 0.29) is 18.4 Å². The van der Waals surface area contributed by atoms with Gasteiger partial charge in [-0.25, -0.2) is 0 Å². The maximum absolute atomic E-state index is 12.9. The van der Waals surface area contributed by atoms with Gasteiger partial charge in [0.1, 0.15) is 0 Å². The fraction of sp³-hybridized carbons (Fsp3) is 0.259. The maximum atomic E-state index is 12.9. The summed E-state index contributed by atoms with van der Waals surface area (Å²) in [6, 6.07) is 18.3. The zero-order valence-electron chi connectivity index (χ0n) is 20.0. The van der Waals surface area contributed by atoms with Crippen molar-refractivity contribution in [2.24, 2.45) is 0 Å². The third-order valence-corrected chi connectivity index (χ3v) is 7.42. The first-order valence-electron chi connectivity index (χ1n) is 11.9.